The zero-order chi connectivity index (χ0) is 13.9. The molecule has 100 valence electrons. The van der Waals surface area contributed by atoms with Crippen molar-refractivity contribution in [3.63, 3.8) is 0 Å². The first-order chi connectivity index (χ1) is 9.72. The largest absolute Gasteiger partial charge is 0.384 e. The van der Waals surface area contributed by atoms with E-state index in [1.54, 1.807) is 12.3 Å². The normalized spacial score (nSPS) is 10.7. The first-order valence-corrected chi connectivity index (χ1v) is 6.45. The van der Waals surface area contributed by atoms with Crippen molar-refractivity contribution in [2.45, 2.75) is 6.54 Å². The van der Waals surface area contributed by atoms with Gasteiger partial charge in [0.1, 0.15) is 18.0 Å². The van der Waals surface area contributed by atoms with Crippen molar-refractivity contribution in [1.29, 1.82) is 0 Å². The first-order valence-electron chi connectivity index (χ1n) is 6.07. The summed E-state index contributed by atoms with van der Waals surface area (Å²) in [6.45, 7) is 0.646. The SMILES string of the molecule is Nc1cc2ncnc(NCc3ccc(Cl)cc3)c2cn1. The highest BCUT2D eigenvalue weighted by Gasteiger charge is 2.04. The summed E-state index contributed by atoms with van der Waals surface area (Å²) in [5.74, 6) is 1.18. The van der Waals surface area contributed by atoms with Crippen LogP contribution in [0.15, 0.2) is 42.9 Å². The van der Waals surface area contributed by atoms with Crippen LogP contribution >= 0.6 is 11.6 Å². The number of fused-ring (bicyclic) bond motifs is 1. The summed E-state index contributed by atoms with van der Waals surface area (Å²) in [5, 5.41) is 4.83. The molecular formula is C14H12ClN5. The van der Waals surface area contributed by atoms with Gasteiger partial charge in [-0.3, -0.25) is 0 Å². The number of aromatic nitrogens is 3. The topological polar surface area (TPSA) is 76.7 Å². The maximum atomic E-state index is 5.86. The van der Waals surface area contributed by atoms with Gasteiger partial charge in [0, 0.05) is 23.8 Å². The van der Waals surface area contributed by atoms with Crippen molar-refractivity contribution in [2.24, 2.45) is 0 Å². The molecule has 3 rings (SSSR count). The van der Waals surface area contributed by atoms with Gasteiger partial charge in [-0.05, 0) is 17.7 Å². The predicted molar refractivity (Wildman–Crippen MR) is 80.5 cm³/mol. The zero-order valence-corrected chi connectivity index (χ0v) is 11.3. The van der Waals surface area contributed by atoms with Gasteiger partial charge in [0.05, 0.1) is 10.9 Å². The maximum Gasteiger partial charge on any atom is 0.139 e. The number of hydrogen-bond acceptors (Lipinski definition) is 5. The first kappa shape index (κ1) is 12.6. The molecule has 0 aliphatic rings. The molecule has 6 heteroatoms. The fraction of sp³-hybridized carbons (Fsp3) is 0.0714. The molecule has 0 amide bonds. The number of nitrogen functional groups attached to an aromatic ring is 1. The van der Waals surface area contributed by atoms with Crippen LogP contribution in [-0.4, -0.2) is 15.0 Å². The number of anilines is 2. The molecule has 0 fully saturated rings. The fourth-order valence-corrected chi connectivity index (χ4v) is 2.02. The van der Waals surface area contributed by atoms with Crippen LogP contribution in [0.3, 0.4) is 0 Å². The van der Waals surface area contributed by atoms with Crippen LogP contribution in [-0.2, 0) is 6.54 Å². The van der Waals surface area contributed by atoms with Crippen LogP contribution in [0.4, 0.5) is 11.6 Å². The minimum atomic E-state index is 0.444. The van der Waals surface area contributed by atoms with Crippen molar-refractivity contribution in [3.8, 4) is 0 Å². The van der Waals surface area contributed by atoms with Crippen molar-refractivity contribution in [1.82, 2.24) is 15.0 Å². The smallest absolute Gasteiger partial charge is 0.139 e. The summed E-state index contributed by atoms with van der Waals surface area (Å²) >= 11 is 5.86. The Balaban J connectivity index is 1.85. The molecule has 2 aromatic heterocycles. The number of hydrogen-bond donors (Lipinski definition) is 2. The van der Waals surface area contributed by atoms with Crippen LogP contribution in [0.2, 0.25) is 5.02 Å². The number of nitrogens with two attached hydrogens (primary N) is 1. The number of benzene rings is 1. The Morgan fingerprint density at radius 1 is 1.10 bits per heavy atom. The van der Waals surface area contributed by atoms with E-state index in [2.05, 4.69) is 20.3 Å². The Bertz CT molecular complexity index is 742. The number of halogens is 1. The maximum absolute atomic E-state index is 5.86. The predicted octanol–water partition coefficient (Wildman–Crippen LogP) is 2.87. The third-order valence-electron chi connectivity index (χ3n) is 2.92. The molecule has 0 aliphatic carbocycles. The molecule has 0 radical (unpaired) electrons. The second-order valence-electron chi connectivity index (χ2n) is 4.33. The zero-order valence-electron chi connectivity index (χ0n) is 10.5. The Hall–Kier alpha value is -2.40. The fourth-order valence-electron chi connectivity index (χ4n) is 1.90. The lowest BCUT2D eigenvalue weighted by atomic mass is 10.2. The van der Waals surface area contributed by atoms with Crippen LogP contribution in [0.25, 0.3) is 10.9 Å². The molecule has 0 aliphatic heterocycles. The van der Waals surface area contributed by atoms with Gasteiger partial charge in [0.2, 0.25) is 0 Å². The van der Waals surface area contributed by atoms with E-state index in [0.717, 1.165) is 27.3 Å². The Kier molecular flexibility index (Phi) is 3.35. The standard InChI is InChI=1S/C14H12ClN5/c15-10-3-1-9(2-4-10)6-18-14-11-7-17-13(16)5-12(11)19-8-20-14/h1-5,7-8H,6H2,(H2,16,17)(H,18,19,20). The van der Waals surface area contributed by atoms with Crippen LogP contribution < -0.4 is 11.1 Å². The van der Waals surface area contributed by atoms with Gasteiger partial charge in [-0.15, -0.1) is 0 Å². The average Bonchev–Trinajstić information content (AvgIpc) is 2.46. The third kappa shape index (κ3) is 2.62. The Labute approximate surface area is 120 Å². The molecule has 2 heterocycles. The number of nitrogens with zero attached hydrogens (tertiary/aromatic N) is 3. The molecule has 5 nitrogen and oxygen atoms in total. The van der Waals surface area contributed by atoms with Gasteiger partial charge in [-0.2, -0.15) is 0 Å². The quantitative estimate of drug-likeness (QED) is 0.774. The average molecular weight is 286 g/mol. The lowest BCUT2D eigenvalue weighted by molar-refractivity contribution is 1.10. The van der Waals surface area contributed by atoms with E-state index in [1.165, 1.54) is 6.33 Å². The summed E-state index contributed by atoms with van der Waals surface area (Å²) in [4.78, 5) is 12.5. The molecule has 0 saturated heterocycles. The summed E-state index contributed by atoms with van der Waals surface area (Å²) in [6, 6.07) is 9.38. The molecule has 0 spiro atoms. The number of nitrogens with one attached hydrogen (secondary N) is 1. The third-order valence-corrected chi connectivity index (χ3v) is 3.17. The molecule has 3 aromatic rings. The second kappa shape index (κ2) is 5.30. The van der Waals surface area contributed by atoms with Crippen LogP contribution in [0, 0.1) is 0 Å². The van der Waals surface area contributed by atoms with Gasteiger partial charge in [0.25, 0.3) is 0 Å². The lowest BCUT2D eigenvalue weighted by Gasteiger charge is -2.08. The van der Waals surface area contributed by atoms with E-state index in [1.807, 2.05) is 24.3 Å². The molecule has 0 unspecified atom stereocenters. The Morgan fingerprint density at radius 3 is 2.70 bits per heavy atom. The minimum Gasteiger partial charge on any atom is -0.384 e. The monoisotopic (exact) mass is 285 g/mol. The van der Waals surface area contributed by atoms with E-state index in [0.29, 0.717) is 12.4 Å². The Morgan fingerprint density at radius 2 is 1.90 bits per heavy atom. The van der Waals surface area contributed by atoms with E-state index in [-0.39, 0.29) is 0 Å². The van der Waals surface area contributed by atoms with Crippen molar-refractivity contribution in [3.05, 3.63) is 53.4 Å². The molecule has 1 aromatic carbocycles. The highest BCUT2D eigenvalue weighted by molar-refractivity contribution is 6.30. The summed E-state index contributed by atoms with van der Waals surface area (Å²) in [6.07, 6.45) is 3.18. The molecule has 0 atom stereocenters. The molecular weight excluding hydrogens is 274 g/mol. The van der Waals surface area contributed by atoms with Gasteiger partial charge in [-0.25, -0.2) is 15.0 Å². The van der Waals surface area contributed by atoms with E-state index in [4.69, 9.17) is 17.3 Å². The van der Waals surface area contributed by atoms with Gasteiger partial charge >= 0.3 is 0 Å². The van der Waals surface area contributed by atoms with Crippen molar-refractivity contribution in [2.75, 3.05) is 11.1 Å². The minimum absolute atomic E-state index is 0.444. The van der Waals surface area contributed by atoms with E-state index in [9.17, 15) is 0 Å². The van der Waals surface area contributed by atoms with Gasteiger partial charge < -0.3 is 11.1 Å². The number of rotatable bonds is 3. The summed E-state index contributed by atoms with van der Waals surface area (Å²) in [7, 11) is 0. The van der Waals surface area contributed by atoms with Crippen LogP contribution in [0.5, 0.6) is 0 Å². The highest BCUT2D eigenvalue weighted by Crippen LogP contribution is 2.20. The van der Waals surface area contributed by atoms with Gasteiger partial charge in [0.15, 0.2) is 0 Å². The van der Waals surface area contributed by atoms with Crippen molar-refractivity contribution < 1.29 is 0 Å². The molecule has 0 bridgehead atoms. The van der Waals surface area contributed by atoms with Crippen LogP contribution in [0.1, 0.15) is 5.56 Å². The molecule has 0 saturated carbocycles. The van der Waals surface area contributed by atoms with Gasteiger partial charge in [-0.1, -0.05) is 23.7 Å². The summed E-state index contributed by atoms with van der Waals surface area (Å²) < 4.78 is 0. The molecule has 20 heavy (non-hydrogen) atoms. The summed E-state index contributed by atoms with van der Waals surface area (Å²) in [5.41, 5.74) is 7.53. The molecule has 3 N–H and O–H groups in total. The van der Waals surface area contributed by atoms with Crippen molar-refractivity contribution >= 4 is 34.1 Å². The number of pyridine rings is 1. The van der Waals surface area contributed by atoms with E-state index >= 15 is 0 Å². The lowest BCUT2D eigenvalue weighted by Crippen LogP contribution is -2.03. The van der Waals surface area contributed by atoms with E-state index < -0.39 is 0 Å². The second-order valence-corrected chi connectivity index (χ2v) is 4.77. The highest BCUT2D eigenvalue weighted by atomic mass is 35.5.